The number of aliphatic hydroxyl groups excluding tert-OH is 1. The number of methoxy groups -OCH3 is 1. The van der Waals surface area contributed by atoms with Crippen molar-refractivity contribution >= 4 is 22.9 Å². The number of ether oxygens (including phenoxy) is 2. The third-order valence-corrected chi connectivity index (χ3v) is 5.91. The van der Waals surface area contributed by atoms with E-state index in [1.807, 2.05) is 0 Å². The largest absolute Gasteiger partial charge is 0.465 e. The maximum Gasteiger partial charge on any atom is 0.338 e. The Kier molecular flexibility index (Phi) is 6.52. The summed E-state index contributed by atoms with van der Waals surface area (Å²) in [6.45, 7) is 0.343. The number of hydrogen-bond acceptors (Lipinski definition) is 9. The van der Waals surface area contributed by atoms with Crippen LogP contribution in [-0.2, 0) is 22.6 Å². The molecule has 1 heterocycles. The molecule has 1 atom stereocenters. The molecule has 1 fully saturated rings. The van der Waals surface area contributed by atoms with Crippen LogP contribution in [0.4, 0.5) is 0 Å². The molecule has 3 rings (SSSR count). The number of nitrogens with zero attached hydrogens (tertiary/aromatic N) is 1. The molecular formula is C19H22N2O7S. The molecule has 0 spiro atoms. The van der Waals surface area contributed by atoms with Crippen LogP contribution in [0.1, 0.15) is 31.8 Å². The highest BCUT2D eigenvalue weighted by molar-refractivity contribution is 8.20. The van der Waals surface area contributed by atoms with Gasteiger partial charge in [-0.25, -0.2) is 9.59 Å². The smallest absolute Gasteiger partial charge is 0.338 e. The SMILES string of the molecule is COC(=O)c1ccc(COC(=O)c2ccc(CN3CC(O)NS3(O)O)cc2)cc1. The number of esters is 2. The molecule has 2 aromatic rings. The van der Waals surface area contributed by atoms with Gasteiger partial charge in [0.2, 0.25) is 0 Å². The predicted molar refractivity (Wildman–Crippen MR) is 106 cm³/mol. The van der Waals surface area contributed by atoms with Gasteiger partial charge in [0.25, 0.3) is 0 Å². The molecule has 10 heteroatoms. The Morgan fingerprint density at radius 3 is 2.10 bits per heavy atom. The first kappa shape index (κ1) is 21.2. The standard InChI is InChI=1S/C19H22N2O7S/c1-27-18(23)15-8-4-14(5-9-15)12-28-19(24)16-6-2-13(3-7-16)10-21-11-17(22)20-29(21,25)26/h2-9,17,20,22,25-26H,10-12H2,1H3. The minimum Gasteiger partial charge on any atom is -0.465 e. The van der Waals surface area contributed by atoms with Crippen molar-refractivity contribution in [2.24, 2.45) is 0 Å². The summed E-state index contributed by atoms with van der Waals surface area (Å²) in [5, 5.41) is 9.50. The van der Waals surface area contributed by atoms with Gasteiger partial charge in [-0.15, -0.1) is 0 Å². The van der Waals surface area contributed by atoms with Gasteiger partial charge in [-0.2, -0.15) is 9.03 Å². The number of carbonyl (C=O) groups is 2. The summed E-state index contributed by atoms with van der Waals surface area (Å²) in [5.41, 5.74) is 2.24. The quantitative estimate of drug-likeness (QED) is 0.518. The van der Waals surface area contributed by atoms with E-state index in [1.165, 1.54) is 11.4 Å². The molecule has 0 radical (unpaired) electrons. The third kappa shape index (κ3) is 5.32. The van der Waals surface area contributed by atoms with Gasteiger partial charge in [-0.1, -0.05) is 35.2 Å². The number of benzene rings is 2. The third-order valence-electron chi connectivity index (χ3n) is 4.32. The average molecular weight is 422 g/mol. The Balaban J connectivity index is 1.54. The number of hydrogen-bond donors (Lipinski definition) is 4. The van der Waals surface area contributed by atoms with Crippen molar-refractivity contribution in [3.05, 3.63) is 70.8 Å². The summed E-state index contributed by atoms with van der Waals surface area (Å²) in [6.07, 6.45) is -1.00. The van der Waals surface area contributed by atoms with Crippen LogP contribution < -0.4 is 4.72 Å². The number of carbonyl (C=O) groups excluding carboxylic acids is 2. The molecule has 1 aliphatic rings. The van der Waals surface area contributed by atoms with E-state index in [-0.39, 0.29) is 19.7 Å². The Labute approximate surface area is 169 Å². The van der Waals surface area contributed by atoms with Gasteiger partial charge in [-0.3, -0.25) is 9.11 Å². The van der Waals surface area contributed by atoms with Crippen molar-refractivity contribution in [1.29, 1.82) is 0 Å². The number of nitrogens with one attached hydrogen (secondary N) is 1. The molecule has 0 aliphatic carbocycles. The van der Waals surface area contributed by atoms with Crippen LogP contribution in [0.25, 0.3) is 0 Å². The molecule has 156 valence electrons. The van der Waals surface area contributed by atoms with Gasteiger partial charge in [-0.05, 0) is 35.4 Å². The van der Waals surface area contributed by atoms with E-state index >= 15 is 0 Å². The topological polar surface area (TPSA) is 129 Å². The molecule has 4 N–H and O–H groups in total. The predicted octanol–water partition coefficient (Wildman–Crippen LogP) is 2.13. The van der Waals surface area contributed by atoms with E-state index in [9.17, 15) is 23.8 Å². The highest BCUT2D eigenvalue weighted by Crippen LogP contribution is 2.44. The van der Waals surface area contributed by atoms with E-state index in [2.05, 4.69) is 9.46 Å². The summed E-state index contributed by atoms with van der Waals surface area (Å²) in [7, 11) is -1.89. The molecule has 1 aliphatic heterocycles. The molecule has 0 bridgehead atoms. The lowest BCUT2D eigenvalue weighted by Crippen LogP contribution is -2.25. The fourth-order valence-corrected chi connectivity index (χ4v) is 4.05. The summed E-state index contributed by atoms with van der Waals surface area (Å²) < 4.78 is 33.3. The van der Waals surface area contributed by atoms with Gasteiger partial charge >= 0.3 is 11.9 Å². The van der Waals surface area contributed by atoms with Gasteiger partial charge in [0, 0.05) is 6.54 Å². The fraction of sp³-hybridized carbons (Fsp3) is 0.263. The molecule has 0 aromatic heterocycles. The van der Waals surface area contributed by atoms with Crippen LogP contribution in [-0.4, -0.2) is 50.3 Å². The van der Waals surface area contributed by atoms with E-state index in [0.29, 0.717) is 11.1 Å². The number of β-amino-alcohol motifs (C(OH)–C–C–N with tert-alkyl or cyclic N) is 1. The molecule has 29 heavy (non-hydrogen) atoms. The van der Waals surface area contributed by atoms with Crippen LogP contribution >= 0.6 is 11.0 Å². The van der Waals surface area contributed by atoms with E-state index in [1.54, 1.807) is 48.5 Å². The first-order valence-electron chi connectivity index (χ1n) is 8.70. The van der Waals surface area contributed by atoms with Gasteiger partial charge in [0.1, 0.15) is 12.8 Å². The lowest BCUT2D eigenvalue weighted by molar-refractivity contribution is 0.0471. The van der Waals surface area contributed by atoms with Crippen molar-refractivity contribution in [3.8, 4) is 0 Å². The molecule has 9 nitrogen and oxygen atoms in total. The van der Waals surface area contributed by atoms with Crippen LogP contribution in [0, 0.1) is 0 Å². The molecule has 2 aromatic carbocycles. The molecule has 0 amide bonds. The zero-order chi connectivity index (χ0) is 21.0. The van der Waals surface area contributed by atoms with Crippen molar-refractivity contribution in [3.63, 3.8) is 0 Å². The highest BCUT2D eigenvalue weighted by Gasteiger charge is 2.34. The zero-order valence-electron chi connectivity index (χ0n) is 15.6. The summed E-state index contributed by atoms with van der Waals surface area (Å²) in [5.74, 6) is -0.940. The Hall–Kier alpha value is -2.47. The minimum atomic E-state index is -3.20. The Morgan fingerprint density at radius 2 is 1.59 bits per heavy atom. The lowest BCUT2D eigenvalue weighted by atomic mass is 10.1. The van der Waals surface area contributed by atoms with Crippen molar-refractivity contribution < 1.29 is 33.3 Å². The van der Waals surface area contributed by atoms with Crippen molar-refractivity contribution in [1.82, 2.24) is 9.03 Å². The number of aliphatic hydroxyl groups is 1. The monoisotopic (exact) mass is 422 g/mol. The minimum absolute atomic E-state index is 0.0558. The second-order valence-corrected chi connectivity index (χ2v) is 8.23. The first-order valence-corrected chi connectivity index (χ1v) is 10.2. The van der Waals surface area contributed by atoms with Crippen LogP contribution in [0.5, 0.6) is 0 Å². The van der Waals surface area contributed by atoms with Gasteiger partial charge < -0.3 is 14.6 Å². The molecular weight excluding hydrogens is 400 g/mol. The zero-order valence-corrected chi connectivity index (χ0v) is 16.5. The van der Waals surface area contributed by atoms with Crippen molar-refractivity contribution in [2.45, 2.75) is 19.4 Å². The highest BCUT2D eigenvalue weighted by atomic mass is 32.3. The summed E-state index contributed by atoms with van der Waals surface area (Å²) >= 11 is 0. The first-order chi connectivity index (χ1) is 13.8. The fourth-order valence-electron chi connectivity index (χ4n) is 2.78. The van der Waals surface area contributed by atoms with Gasteiger partial charge in [0.05, 0.1) is 24.8 Å². The number of rotatable bonds is 6. The second kappa shape index (κ2) is 8.91. The van der Waals surface area contributed by atoms with Gasteiger partial charge in [0.15, 0.2) is 0 Å². The molecule has 1 unspecified atom stereocenters. The maximum absolute atomic E-state index is 12.2. The lowest BCUT2D eigenvalue weighted by Gasteiger charge is -2.35. The summed E-state index contributed by atoms with van der Waals surface area (Å²) in [6, 6.07) is 13.1. The normalized spacial score (nSPS) is 19.5. The average Bonchev–Trinajstić information content (AvgIpc) is 2.97. The molecule has 1 saturated heterocycles. The Bertz CT molecular complexity index is 871. The van der Waals surface area contributed by atoms with Crippen LogP contribution in [0.2, 0.25) is 0 Å². The van der Waals surface area contributed by atoms with Crippen LogP contribution in [0.15, 0.2) is 48.5 Å². The van der Waals surface area contributed by atoms with Crippen molar-refractivity contribution in [2.75, 3.05) is 13.7 Å². The van der Waals surface area contributed by atoms with E-state index in [4.69, 9.17) is 4.74 Å². The molecule has 0 saturated carbocycles. The van der Waals surface area contributed by atoms with Crippen LogP contribution in [0.3, 0.4) is 0 Å². The summed E-state index contributed by atoms with van der Waals surface area (Å²) in [4.78, 5) is 23.6. The Morgan fingerprint density at radius 1 is 1.03 bits per heavy atom. The van der Waals surface area contributed by atoms with E-state index in [0.717, 1.165) is 11.1 Å². The second-order valence-electron chi connectivity index (χ2n) is 6.44. The maximum atomic E-state index is 12.2. The van der Waals surface area contributed by atoms with E-state index < -0.39 is 29.1 Å².